The van der Waals surface area contributed by atoms with Crippen molar-refractivity contribution in [2.75, 3.05) is 0 Å². The minimum atomic E-state index is -5.20. The third-order valence-electron chi connectivity index (χ3n) is 6.72. The van der Waals surface area contributed by atoms with Gasteiger partial charge in [-0.2, -0.15) is 31.6 Å². The molecule has 2 atom stereocenters. The van der Waals surface area contributed by atoms with Crippen molar-refractivity contribution in [3.63, 3.8) is 0 Å². The van der Waals surface area contributed by atoms with Crippen molar-refractivity contribution in [1.82, 2.24) is 4.90 Å². The number of nitrogens with zero attached hydrogens (tertiary/aromatic N) is 2. The van der Waals surface area contributed by atoms with Crippen molar-refractivity contribution in [1.29, 1.82) is 5.26 Å². The van der Waals surface area contributed by atoms with Crippen LogP contribution in [-0.4, -0.2) is 17.0 Å². The predicted molar refractivity (Wildman–Crippen MR) is 124 cm³/mol. The first kappa shape index (κ1) is 28.7. The van der Waals surface area contributed by atoms with E-state index in [4.69, 9.17) is 0 Å². The van der Waals surface area contributed by atoms with Gasteiger partial charge >= 0.3 is 12.4 Å². The smallest absolute Gasteiger partial charge is 0.294 e. The zero-order chi connectivity index (χ0) is 26.6. The van der Waals surface area contributed by atoms with Crippen LogP contribution in [0.1, 0.15) is 69.7 Å². The maximum atomic E-state index is 13.6. The molecule has 192 valence electrons. The normalized spacial score (nSPS) is 15.3. The van der Waals surface area contributed by atoms with Gasteiger partial charge in [-0.1, -0.05) is 50.2 Å². The average molecular weight is 499 g/mol. The van der Waals surface area contributed by atoms with Gasteiger partial charge in [0.25, 0.3) is 0 Å². The predicted octanol–water partition coefficient (Wildman–Crippen LogP) is 8.22. The molecule has 0 amide bonds. The Kier molecular flexibility index (Phi) is 9.05. The average Bonchev–Trinajstić information content (AvgIpc) is 2.77. The van der Waals surface area contributed by atoms with Crippen LogP contribution in [0.15, 0.2) is 48.5 Å². The number of alkyl halides is 6. The lowest BCUT2D eigenvalue weighted by molar-refractivity contribution is -0.162. The van der Waals surface area contributed by atoms with E-state index >= 15 is 0 Å². The van der Waals surface area contributed by atoms with E-state index in [1.807, 2.05) is 51.1 Å². The van der Waals surface area contributed by atoms with Crippen LogP contribution >= 0.6 is 0 Å². The second-order valence-electron chi connectivity index (χ2n) is 9.63. The maximum Gasteiger partial charge on any atom is 0.417 e. The molecule has 0 N–H and O–H groups in total. The van der Waals surface area contributed by atoms with Gasteiger partial charge in [0, 0.05) is 18.6 Å². The fourth-order valence-corrected chi connectivity index (χ4v) is 4.56. The van der Waals surface area contributed by atoms with Crippen LogP contribution in [0.4, 0.5) is 26.3 Å². The molecule has 0 saturated heterocycles. The van der Waals surface area contributed by atoms with Gasteiger partial charge < -0.3 is 0 Å². The van der Waals surface area contributed by atoms with Gasteiger partial charge in [-0.05, 0) is 62.8 Å². The van der Waals surface area contributed by atoms with Gasteiger partial charge in [-0.15, -0.1) is 0 Å². The Hall–Kier alpha value is -2.53. The molecule has 0 aliphatic carbocycles. The molecular formula is C27H32F6N2. The van der Waals surface area contributed by atoms with E-state index in [2.05, 4.69) is 11.0 Å². The van der Waals surface area contributed by atoms with Gasteiger partial charge in [0.2, 0.25) is 0 Å². The fraction of sp³-hybridized carbons (Fsp3) is 0.519. The van der Waals surface area contributed by atoms with Crippen LogP contribution in [0.25, 0.3) is 0 Å². The minimum absolute atomic E-state index is 0.0155. The Balaban J connectivity index is 2.42. The summed E-state index contributed by atoms with van der Waals surface area (Å²) in [7, 11) is 0. The molecule has 8 heteroatoms. The summed E-state index contributed by atoms with van der Waals surface area (Å²) >= 11 is 0. The summed E-state index contributed by atoms with van der Waals surface area (Å²) in [6.45, 7) is 10.2. The SMILES string of the molecule is CC(C)N(Cc1ccccc1)C(C)CCC(C#N)(c1ccc(C(F)(F)F)c(C(F)(F)F)c1)C(C)C. The molecule has 0 aromatic heterocycles. The molecule has 0 fully saturated rings. The van der Waals surface area contributed by atoms with E-state index in [1.54, 1.807) is 13.8 Å². The molecule has 2 aromatic rings. The number of hydrogen-bond acceptors (Lipinski definition) is 2. The van der Waals surface area contributed by atoms with Gasteiger partial charge in [-0.3, -0.25) is 4.90 Å². The molecule has 0 radical (unpaired) electrons. The third kappa shape index (κ3) is 6.78. The summed E-state index contributed by atoms with van der Waals surface area (Å²) < 4.78 is 80.6. The largest absolute Gasteiger partial charge is 0.417 e. The van der Waals surface area contributed by atoms with Crippen molar-refractivity contribution in [2.45, 2.75) is 83.9 Å². The van der Waals surface area contributed by atoms with Gasteiger partial charge in [0.05, 0.1) is 22.6 Å². The molecule has 0 aliphatic heterocycles. The van der Waals surface area contributed by atoms with Gasteiger partial charge in [0.15, 0.2) is 0 Å². The lowest BCUT2D eigenvalue weighted by Gasteiger charge is -2.37. The van der Waals surface area contributed by atoms with Crippen molar-refractivity contribution in [2.24, 2.45) is 5.92 Å². The first-order chi connectivity index (χ1) is 16.1. The van der Waals surface area contributed by atoms with Gasteiger partial charge in [0.1, 0.15) is 0 Å². The molecule has 0 bridgehead atoms. The summed E-state index contributed by atoms with van der Waals surface area (Å²) in [6, 6.07) is 14.2. The summed E-state index contributed by atoms with van der Waals surface area (Å²) in [5, 5.41) is 10.2. The maximum absolute atomic E-state index is 13.6. The van der Waals surface area contributed by atoms with Crippen LogP contribution in [0.2, 0.25) is 0 Å². The molecule has 35 heavy (non-hydrogen) atoms. The highest BCUT2D eigenvalue weighted by molar-refractivity contribution is 5.42. The summed E-state index contributed by atoms with van der Waals surface area (Å²) in [5.74, 6) is -0.417. The molecule has 2 rings (SSSR count). The number of rotatable bonds is 9. The van der Waals surface area contributed by atoms with E-state index < -0.39 is 34.8 Å². The van der Waals surface area contributed by atoms with E-state index in [-0.39, 0.29) is 24.1 Å². The zero-order valence-corrected chi connectivity index (χ0v) is 20.6. The molecule has 0 aliphatic rings. The quantitative estimate of drug-likeness (QED) is 0.326. The van der Waals surface area contributed by atoms with E-state index in [0.29, 0.717) is 25.1 Å². The Morgan fingerprint density at radius 3 is 1.86 bits per heavy atom. The van der Waals surface area contributed by atoms with Crippen LogP contribution in [0.3, 0.4) is 0 Å². The first-order valence-electron chi connectivity index (χ1n) is 11.6. The Bertz CT molecular complexity index is 1010. The molecular weight excluding hydrogens is 466 g/mol. The lowest BCUT2D eigenvalue weighted by atomic mass is 9.68. The van der Waals surface area contributed by atoms with E-state index in [0.717, 1.165) is 11.6 Å². The number of halogens is 6. The topological polar surface area (TPSA) is 27.0 Å². The van der Waals surface area contributed by atoms with Crippen LogP contribution < -0.4 is 0 Å². The van der Waals surface area contributed by atoms with E-state index in [9.17, 15) is 31.6 Å². The van der Waals surface area contributed by atoms with Crippen molar-refractivity contribution in [3.05, 3.63) is 70.8 Å². The molecule has 2 aromatic carbocycles. The molecule has 2 nitrogen and oxygen atoms in total. The Morgan fingerprint density at radius 2 is 1.40 bits per heavy atom. The standard InChI is InChI=1S/C27H32F6N2/c1-18(2)25(17-34,22-11-12-23(26(28,29)30)24(15-22)27(31,32)33)14-13-20(5)35(19(3)4)16-21-9-7-6-8-10-21/h6-12,15,18-20H,13-14,16H2,1-5H3. The van der Waals surface area contributed by atoms with Gasteiger partial charge in [-0.25, -0.2) is 0 Å². The number of nitriles is 1. The number of benzene rings is 2. The summed E-state index contributed by atoms with van der Waals surface area (Å²) in [5.41, 5.74) is -3.80. The van der Waals surface area contributed by atoms with Crippen LogP contribution in [-0.2, 0) is 24.3 Å². The summed E-state index contributed by atoms with van der Waals surface area (Å²) in [6.07, 6.45) is -9.65. The lowest BCUT2D eigenvalue weighted by Crippen LogP contribution is -2.40. The van der Waals surface area contributed by atoms with E-state index in [1.165, 1.54) is 0 Å². The second-order valence-corrected chi connectivity index (χ2v) is 9.63. The Labute approximate surface area is 203 Å². The first-order valence-corrected chi connectivity index (χ1v) is 11.6. The fourth-order valence-electron chi connectivity index (χ4n) is 4.56. The van der Waals surface area contributed by atoms with Crippen LogP contribution in [0, 0.1) is 17.2 Å². The summed E-state index contributed by atoms with van der Waals surface area (Å²) in [4.78, 5) is 2.24. The van der Waals surface area contributed by atoms with Crippen molar-refractivity contribution < 1.29 is 26.3 Å². The number of hydrogen-bond donors (Lipinski definition) is 0. The molecule has 0 saturated carbocycles. The van der Waals surface area contributed by atoms with Crippen molar-refractivity contribution >= 4 is 0 Å². The zero-order valence-electron chi connectivity index (χ0n) is 20.6. The second kappa shape index (κ2) is 11.0. The Morgan fingerprint density at radius 1 is 0.829 bits per heavy atom. The third-order valence-corrected chi connectivity index (χ3v) is 6.72. The highest BCUT2D eigenvalue weighted by atomic mass is 19.4. The molecule has 2 unspecified atom stereocenters. The minimum Gasteiger partial charge on any atom is -0.294 e. The molecule has 0 spiro atoms. The molecule has 0 heterocycles. The monoisotopic (exact) mass is 498 g/mol. The van der Waals surface area contributed by atoms with Crippen LogP contribution in [0.5, 0.6) is 0 Å². The highest BCUT2D eigenvalue weighted by Gasteiger charge is 2.45. The van der Waals surface area contributed by atoms with Crippen molar-refractivity contribution in [3.8, 4) is 6.07 Å². The highest BCUT2D eigenvalue weighted by Crippen LogP contribution is 2.44.